The van der Waals surface area contributed by atoms with Gasteiger partial charge in [-0.15, -0.1) is 11.3 Å². The molecule has 0 saturated heterocycles. The van der Waals surface area contributed by atoms with Gasteiger partial charge in [-0.05, 0) is 49.1 Å². The van der Waals surface area contributed by atoms with Gasteiger partial charge in [-0.25, -0.2) is 13.1 Å². The Bertz CT molecular complexity index is 524. The van der Waals surface area contributed by atoms with E-state index in [2.05, 4.69) is 16.3 Å². The first-order chi connectivity index (χ1) is 10.1. The maximum absolute atomic E-state index is 12.3. The van der Waals surface area contributed by atoms with Crippen molar-refractivity contribution in [1.29, 1.82) is 0 Å². The maximum Gasteiger partial charge on any atom is 0.241 e. The Hall–Kier alpha value is -0.0800. The topological polar surface area (TPSA) is 58.2 Å². The van der Waals surface area contributed by atoms with E-state index in [9.17, 15) is 8.42 Å². The number of thioether (sulfide) groups is 1. The summed E-state index contributed by atoms with van der Waals surface area (Å²) in [6.07, 6.45) is 7.64. The van der Waals surface area contributed by atoms with Crippen LogP contribution in [-0.4, -0.2) is 33.0 Å². The SMILES string of the molecule is CSCCCCCNS(=O)(=O)c1ccsc1CNC1CC1. The second-order valence-corrected chi connectivity index (χ2v) is 9.04. The first kappa shape index (κ1) is 17.3. The van der Waals surface area contributed by atoms with E-state index < -0.39 is 10.0 Å². The molecule has 0 radical (unpaired) electrons. The van der Waals surface area contributed by atoms with Crippen molar-refractivity contribution in [3.8, 4) is 0 Å². The van der Waals surface area contributed by atoms with Crippen LogP contribution in [0.3, 0.4) is 0 Å². The Morgan fingerprint density at radius 1 is 1.33 bits per heavy atom. The van der Waals surface area contributed by atoms with Gasteiger partial charge in [0.1, 0.15) is 0 Å². The van der Waals surface area contributed by atoms with E-state index >= 15 is 0 Å². The lowest BCUT2D eigenvalue weighted by molar-refractivity contribution is 0.574. The minimum Gasteiger partial charge on any atom is -0.309 e. The van der Waals surface area contributed by atoms with Crippen LogP contribution in [-0.2, 0) is 16.6 Å². The van der Waals surface area contributed by atoms with Crippen molar-refractivity contribution in [3.05, 3.63) is 16.3 Å². The molecule has 1 aromatic rings. The number of nitrogens with one attached hydrogen (secondary N) is 2. The van der Waals surface area contributed by atoms with Crippen LogP contribution in [0.2, 0.25) is 0 Å². The van der Waals surface area contributed by atoms with E-state index in [-0.39, 0.29) is 0 Å². The predicted molar refractivity (Wildman–Crippen MR) is 91.6 cm³/mol. The van der Waals surface area contributed by atoms with E-state index in [4.69, 9.17) is 0 Å². The molecule has 0 aromatic carbocycles. The van der Waals surface area contributed by atoms with E-state index in [0.717, 1.165) is 29.9 Å². The molecule has 4 nitrogen and oxygen atoms in total. The van der Waals surface area contributed by atoms with Gasteiger partial charge in [0.25, 0.3) is 0 Å². The molecule has 0 aliphatic heterocycles. The summed E-state index contributed by atoms with van der Waals surface area (Å²) in [4.78, 5) is 1.36. The fourth-order valence-electron chi connectivity index (χ4n) is 2.05. The zero-order valence-electron chi connectivity index (χ0n) is 12.4. The second kappa shape index (κ2) is 8.53. The third-order valence-electron chi connectivity index (χ3n) is 3.44. The van der Waals surface area contributed by atoms with Crippen molar-refractivity contribution in [3.63, 3.8) is 0 Å². The Balaban J connectivity index is 1.79. The van der Waals surface area contributed by atoms with Crippen molar-refractivity contribution in [2.24, 2.45) is 0 Å². The van der Waals surface area contributed by atoms with Crippen LogP contribution >= 0.6 is 23.1 Å². The van der Waals surface area contributed by atoms with Crippen LogP contribution in [0, 0.1) is 0 Å². The number of hydrogen-bond acceptors (Lipinski definition) is 5. The summed E-state index contributed by atoms with van der Waals surface area (Å²) in [7, 11) is -3.35. The van der Waals surface area contributed by atoms with Crippen molar-refractivity contribution in [1.82, 2.24) is 10.0 Å². The van der Waals surface area contributed by atoms with Gasteiger partial charge in [0.05, 0.1) is 4.90 Å². The molecule has 1 heterocycles. The smallest absolute Gasteiger partial charge is 0.241 e. The molecular weight excluding hydrogens is 324 g/mol. The minimum atomic E-state index is -3.35. The molecule has 0 atom stereocenters. The molecule has 1 aliphatic carbocycles. The van der Waals surface area contributed by atoms with Crippen molar-refractivity contribution in [2.75, 3.05) is 18.6 Å². The third kappa shape index (κ3) is 5.90. The van der Waals surface area contributed by atoms with Crippen molar-refractivity contribution in [2.45, 2.75) is 49.6 Å². The molecule has 1 saturated carbocycles. The van der Waals surface area contributed by atoms with Crippen LogP contribution in [0.1, 0.15) is 37.0 Å². The van der Waals surface area contributed by atoms with Crippen LogP contribution in [0.15, 0.2) is 16.3 Å². The summed E-state index contributed by atoms with van der Waals surface area (Å²) < 4.78 is 27.4. The first-order valence-electron chi connectivity index (χ1n) is 7.42. The third-order valence-corrected chi connectivity index (χ3v) is 6.73. The standard InChI is InChI=1S/C14H24N2O2S3/c1-19-9-4-2-3-8-16-21(17,18)14-7-10-20-13(14)11-15-12-5-6-12/h7,10,12,15-16H,2-6,8-9,11H2,1H3. The lowest BCUT2D eigenvalue weighted by atomic mass is 10.2. The molecule has 2 N–H and O–H groups in total. The van der Waals surface area contributed by atoms with E-state index in [0.29, 0.717) is 24.0 Å². The number of thiophene rings is 1. The van der Waals surface area contributed by atoms with Gasteiger partial charge in [-0.1, -0.05) is 6.42 Å². The average Bonchev–Trinajstić information content (AvgIpc) is 3.16. The molecular formula is C14H24N2O2S3. The summed E-state index contributed by atoms with van der Waals surface area (Å²) >= 11 is 3.35. The van der Waals surface area contributed by atoms with Gasteiger partial charge in [0.15, 0.2) is 0 Å². The molecule has 1 aliphatic rings. The van der Waals surface area contributed by atoms with E-state index in [1.807, 2.05) is 17.1 Å². The Morgan fingerprint density at radius 3 is 2.86 bits per heavy atom. The monoisotopic (exact) mass is 348 g/mol. The lowest BCUT2D eigenvalue weighted by Crippen LogP contribution is -2.26. The van der Waals surface area contributed by atoms with Crippen LogP contribution in [0.5, 0.6) is 0 Å². The highest BCUT2D eigenvalue weighted by Crippen LogP contribution is 2.24. The number of hydrogen-bond donors (Lipinski definition) is 2. The van der Waals surface area contributed by atoms with Crippen LogP contribution in [0.4, 0.5) is 0 Å². The first-order valence-corrected chi connectivity index (χ1v) is 11.2. The summed E-state index contributed by atoms with van der Waals surface area (Å²) in [6.45, 7) is 1.19. The zero-order valence-corrected chi connectivity index (χ0v) is 14.9. The van der Waals surface area contributed by atoms with Gasteiger partial charge in [0, 0.05) is 24.0 Å². The molecule has 21 heavy (non-hydrogen) atoms. The van der Waals surface area contributed by atoms with Gasteiger partial charge in [0.2, 0.25) is 10.0 Å². The molecule has 2 rings (SSSR count). The fourth-order valence-corrected chi connectivity index (χ4v) is 5.01. The van der Waals surface area contributed by atoms with Gasteiger partial charge in [-0.2, -0.15) is 11.8 Å². The van der Waals surface area contributed by atoms with Crippen molar-refractivity contribution < 1.29 is 8.42 Å². The summed E-state index contributed by atoms with van der Waals surface area (Å²) in [5.41, 5.74) is 0. The highest BCUT2D eigenvalue weighted by Gasteiger charge is 2.23. The second-order valence-electron chi connectivity index (χ2n) is 5.31. The number of unbranched alkanes of at least 4 members (excludes halogenated alkanes) is 2. The molecule has 120 valence electrons. The molecule has 1 fully saturated rings. The quantitative estimate of drug-likeness (QED) is 0.604. The maximum atomic E-state index is 12.3. The number of sulfonamides is 1. The zero-order chi connectivity index (χ0) is 15.1. The lowest BCUT2D eigenvalue weighted by Gasteiger charge is -2.08. The Kier molecular flexibility index (Phi) is 7.01. The van der Waals surface area contributed by atoms with E-state index in [1.165, 1.54) is 24.2 Å². The molecule has 0 amide bonds. The molecule has 0 bridgehead atoms. The number of rotatable bonds is 11. The molecule has 0 unspecified atom stereocenters. The molecule has 1 aromatic heterocycles. The van der Waals surface area contributed by atoms with Crippen molar-refractivity contribution >= 4 is 33.1 Å². The predicted octanol–water partition coefficient (Wildman–Crippen LogP) is 2.81. The summed E-state index contributed by atoms with van der Waals surface area (Å²) in [6, 6.07) is 2.30. The van der Waals surface area contributed by atoms with Crippen LogP contribution in [0.25, 0.3) is 0 Å². The highest BCUT2D eigenvalue weighted by molar-refractivity contribution is 7.98. The van der Waals surface area contributed by atoms with Gasteiger partial charge in [-0.3, -0.25) is 0 Å². The minimum absolute atomic E-state index is 0.449. The van der Waals surface area contributed by atoms with Gasteiger partial charge >= 0.3 is 0 Å². The average molecular weight is 349 g/mol. The fraction of sp³-hybridized carbons (Fsp3) is 0.714. The molecule has 7 heteroatoms. The Labute approximate surface area is 136 Å². The summed E-state index contributed by atoms with van der Waals surface area (Å²) in [5, 5.41) is 5.24. The van der Waals surface area contributed by atoms with Gasteiger partial charge < -0.3 is 5.32 Å². The van der Waals surface area contributed by atoms with E-state index in [1.54, 1.807) is 6.07 Å². The molecule has 0 spiro atoms. The highest BCUT2D eigenvalue weighted by atomic mass is 32.2. The normalized spacial score (nSPS) is 15.5. The summed E-state index contributed by atoms with van der Waals surface area (Å²) in [5.74, 6) is 1.15. The van der Waals surface area contributed by atoms with Crippen LogP contribution < -0.4 is 10.0 Å². The Morgan fingerprint density at radius 2 is 2.14 bits per heavy atom. The largest absolute Gasteiger partial charge is 0.309 e.